The smallest absolute Gasteiger partial charge is 0.335 e. The number of aromatic carboxylic acids is 1. The first-order valence-electron chi connectivity index (χ1n) is 9.53. The largest absolute Gasteiger partial charge is 0.478 e. The number of nitrogens with one attached hydrogen (secondary N) is 1. The van der Waals surface area contributed by atoms with Crippen molar-refractivity contribution >= 4 is 23.1 Å². The van der Waals surface area contributed by atoms with E-state index in [0.29, 0.717) is 41.5 Å². The van der Waals surface area contributed by atoms with Gasteiger partial charge < -0.3 is 15.2 Å². The van der Waals surface area contributed by atoms with Gasteiger partial charge in [0, 0.05) is 12.1 Å². The molecule has 0 saturated carbocycles. The number of halogens is 1. The molecule has 0 aliphatic carbocycles. The van der Waals surface area contributed by atoms with Crippen LogP contribution in [0.25, 0.3) is 22.4 Å². The van der Waals surface area contributed by atoms with Crippen molar-refractivity contribution < 1.29 is 19.0 Å². The van der Waals surface area contributed by atoms with Gasteiger partial charge in [-0.3, -0.25) is 0 Å². The summed E-state index contributed by atoms with van der Waals surface area (Å²) >= 11 is 0. The number of ether oxygens (including phenoxy) is 1. The lowest BCUT2D eigenvalue weighted by Crippen LogP contribution is -2.07. The Labute approximate surface area is 176 Å². The SMILES string of the molecule is CCOc1nc(NCc2ccc(F)cc2)nc2ncc(-c3ccc(C(=O)O)cc3)nc12. The number of carboxylic acid groups (broad SMARTS) is 1. The van der Waals surface area contributed by atoms with E-state index < -0.39 is 5.97 Å². The second-order valence-electron chi connectivity index (χ2n) is 6.58. The van der Waals surface area contributed by atoms with Gasteiger partial charge in [0.05, 0.1) is 24.1 Å². The highest BCUT2D eigenvalue weighted by atomic mass is 19.1. The summed E-state index contributed by atoms with van der Waals surface area (Å²) in [5.41, 5.74) is 3.06. The van der Waals surface area contributed by atoms with E-state index in [1.807, 2.05) is 6.92 Å². The third kappa shape index (κ3) is 4.55. The molecule has 0 aliphatic rings. The zero-order chi connectivity index (χ0) is 21.8. The minimum Gasteiger partial charge on any atom is -0.478 e. The second kappa shape index (κ2) is 8.70. The van der Waals surface area contributed by atoms with Crippen LogP contribution in [0.4, 0.5) is 10.3 Å². The zero-order valence-corrected chi connectivity index (χ0v) is 16.5. The molecule has 0 radical (unpaired) electrons. The Balaban J connectivity index is 1.65. The highest BCUT2D eigenvalue weighted by molar-refractivity contribution is 5.88. The fourth-order valence-corrected chi connectivity index (χ4v) is 2.90. The number of anilines is 1. The Morgan fingerprint density at radius 3 is 2.48 bits per heavy atom. The molecule has 31 heavy (non-hydrogen) atoms. The average Bonchev–Trinajstić information content (AvgIpc) is 2.79. The molecular formula is C22H18FN5O3. The number of hydrogen-bond acceptors (Lipinski definition) is 7. The highest BCUT2D eigenvalue weighted by Crippen LogP contribution is 2.25. The maximum atomic E-state index is 13.1. The number of rotatable bonds is 7. The van der Waals surface area contributed by atoms with Crippen LogP contribution in [0.1, 0.15) is 22.8 Å². The van der Waals surface area contributed by atoms with E-state index in [1.54, 1.807) is 30.5 Å². The van der Waals surface area contributed by atoms with Crippen molar-refractivity contribution in [2.45, 2.75) is 13.5 Å². The quantitative estimate of drug-likeness (QED) is 0.464. The van der Waals surface area contributed by atoms with E-state index in [4.69, 9.17) is 9.84 Å². The maximum absolute atomic E-state index is 13.1. The molecule has 2 heterocycles. The van der Waals surface area contributed by atoms with E-state index in [9.17, 15) is 9.18 Å². The molecule has 0 saturated heterocycles. The lowest BCUT2D eigenvalue weighted by molar-refractivity contribution is 0.0697. The molecule has 0 fully saturated rings. The van der Waals surface area contributed by atoms with Gasteiger partial charge in [-0.1, -0.05) is 24.3 Å². The fourth-order valence-electron chi connectivity index (χ4n) is 2.90. The molecule has 0 unspecified atom stereocenters. The molecule has 0 spiro atoms. The summed E-state index contributed by atoms with van der Waals surface area (Å²) in [6, 6.07) is 12.5. The molecular weight excluding hydrogens is 401 g/mol. The van der Waals surface area contributed by atoms with Crippen molar-refractivity contribution in [3.63, 3.8) is 0 Å². The van der Waals surface area contributed by atoms with Crippen LogP contribution >= 0.6 is 0 Å². The van der Waals surface area contributed by atoms with Crippen LogP contribution in [0, 0.1) is 5.82 Å². The van der Waals surface area contributed by atoms with E-state index in [0.717, 1.165) is 5.56 Å². The molecule has 0 aliphatic heterocycles. The highest BCUT2D eigenvalue weighted by Gasteiger charge is 2.14. The molecule has 2 aromatic heterocycles. The third-order valence-corrected chi connectivity index (χ3v) is 4.45. The van der Waals surface area contributed by atoms with Crippen molar-refractivity contribution in [3.8, 4) is 17.1 Å². The Bertz CT molecular complexity index is 1230. The van der Waals surface area contributed by atoms with Gasteiger partial charge in [-0.05, 0) is 36.8 Å². The zero-order valence-electron chi connectivity index (χ0n) is 16.5. The van der Waals surface area contributed by atoms with Crippen molar-refractivity contribution in [2.75, 3.05) is 11.9 Å². The molecule has 156 valence electrons. The molecule has 0 atom stereocenters. The Morgan fingerprint density at radius 2 is 1.81 bits per heavy atom. The van der Waals surface area contributed by atoms with Crippen molar-refractivity contribution in [1.82, 2.24) is 19.9 Å². The molecule has 0 bridgehead atoms. The van der Waals surface area contributed by atoms with Gasteiger partial charge in [0.15, 0.2) is 11.2 Å². The minimum absolute atomic E-state index is 0.188. The van der Waals surface area contributed by atoms with E-state index >= 15 is 0 Å². The minimum atomic E-state index is -0.996. The molecule has 0 amide bonds. The first-order chi connectivity index (χ1) is 15.0. The average molecular weight is 419 g/mol. The van der Waals surface area contributed by atoms with Crippen LogP contribution in [-0.4, -0.2) is 37.6 Å². The standard InChI is InChI=1S/C22H18FN5O3/c1-2-31-20-18-19(27-22(28-20)25-11-13-3-9-16(23)10-4-13)24-12-17(26-18)14-5-7-15(8-6-14)21(29)30/h3-10,12H,2,11H2,1H3,(H,29,30)(H,24,25,27,28). The number of carboxylic acids is 1. The van der Waals surface area contributed by atoms with Crippen LogP contribution < -0.4 is 10.1 Å². The van der Waals surface area contributed by atoms with Crippen LogP contribution in [-0.2, 0) is 6.54 Å². The maximum Gasteiger partial charge on any atom is 0.335 e. The summed E-state index contributed by atoms with van der Waals surface area (Å²) < 4.78 is 18.7. The number of hydrogen-bond donors (Lipinski definition) is 2. The Hall–Kier alpha value is -4.14. The summed E-state index contributed by atoms with van der Waals surface area (Å²) in [6.45, 7) is 2.61. The summed E-state index contributed by atoms with van der Waals surface area (Å²) in [7, 11) is 0. The molecule has 4 aromatic rings. The predicted octanol–water partition coefficient (Wildman–Crippen LogP) is 3.93. The number of benzene rings is 2. The van der Waals surface area contributed by atoms with Gasteiger partial charge in [-0.2, -0.15) is 9.97 Å². The first kappa shape index (κ1) is 20.1. The molecule has 9 heteroatoms. The van der Waals surface area contributed by atoms with E-state index in [2.05, 4.69) is 25.3 Å². The summed E-state index contributed by atoms with van der Waals surface area (Å²) in [6.07, 6.45) is 1.56. The molecule has 4 rings (SSSR count). The Morgan fingerprint density at radius 1 is 1.06 bits per heavy atom. The third-order valence-electron chi connectivity index (χ3n) is 4.45. The number of aromatic nitrogens is 4. The predicted molar refractivity (Wildman–Crippen MR) is 112 cm³/mol. The van der Waals surface area contributed by atoms with Gasteiger partial charge >= 0.3 is 5.97 Å². The Kier molecular flexibility index (Phi) is 5.65. The summed E-state index contributed by atoms with van der Waals surface area (Å²) in [4.78, 5) is 28.8. The van der Waals surface area contributed by atoms with Gasteiger partial charge in [0.1, 0.15) is 5.82 Å². The topological polar surface area (TPSA) is 110 Å². The van der Waals surface area contributed by atoms with Gasteiger partial charge in [-0.25, -0.2) is 19.2 Å². The molecule has 2 N–H and O–H groups in total. The molecule has 8 nitrogen and oxygen atoms in total. The van der Waals surface area contributed by atoms with Crippen LogP contribution in [0.2, 0.25) is 0 Å². The number of fused-ring (bicyclic) bond motifs is 1. The number of nitrogens with zero attached hydrogens (tertiary/aromatic N) is 4. The monoisotopic (exact) mass is 419 g/mol. The number of carbonyl (C=O) groups is 1. The second-order valence-corrected chi connectivity index (χ2v) is 6.58. The fraction of sp³-hybridized carbons (Fsp3) is 0.136. The summed E-state index contributed by atoms with van der Waals surface area (Å²) in [5, 5.41) is 12.1. The lowest BCUT2D eigenvalue weighted by Gasteiger charge is -2.10. The first-order valence-corrected chi connectivity index (χ1v) is 9.53. The van der Waals surface area contributed by atoms with Crippen LogP contribution in [0.3, 0.4) is 0 Å². The lowest BCUT2D eigenvalue weighted by atomic mass is 10.1. The van der Waals surface area contributed by atoms with Crippen molar-refractivity contribution in [1.29, 1.82) is 0 Å². The summed E-state index contributed by atoms with van der Waals surface area (Å²) in [5.74, 6) is -0.699. The normalized spacial score (nSPS) is 10.8. The molecule has 2 aromatic carbocycles. The van der Waals surface area contributed by atoms with Gasteiger partial charge in [0.2, 0.25) is 11.8 Å². The van der Waals surface area contributed by atoms with Crippen LogP contribution in [0.15, 0.2) is 54.7 Å². The van der Waals surface area contributed by atoms with E-state index in [-0.39, 0.29) is 17.3 Å². The van der Waals surface area contributed by atoms with Crippen LogP contribution in [0.5, 0.6) is 5.88 Å². The van der Waals surface area contributed by atoms with Gasteiger partial charge in [-0.15, -0.1) is 0 Å². The van der Waals surface area contributed by atoms with E-state index in [1.165, 1.54) is 24.3 Å². The van der Waals surface area contributed by atoms with Crippen molar-refractivity contribution in [3.05, 3.63) is 71.7 Å². The van der Waals surface area contributed by atoms with Gasteiger partial charge in [0.25, 0.3) is 0 Å². The van der Waals surface area contributed by atoms with Crippen molar-refractivity contribution in [2.24, 2.45) is 0 Å².